The smallest absolute Gasteiger partial charge is 0.0636 e. The molecular formula is C23H27N3. The van der Waals surface area contributed by atoms with Crippen molar-refractivity contribution < 1.29 is 0 Å². The summed E-state index contributed by atoms with van der Waals surface area (Å²) in [5.41, 5.74) is 13.5. The van der Waals surface area contributed by atoms with Gasteiger partial charge in [0.2, 0.25) is 0 Å². The lowest BCUT2D eigenvalue weighted by molar-refractivity contribution is 0.881. The van der Waals surface area contributed by atoms with Gasteiger partial charge in [0.05, 0.1) is 5.71 Å². The first-order valence-corrected chi connectivity index (χ1v) is 9.20. The third-order valence-electron chi connectivity index (χ3n) is 4.77. The van der Waals surface area contributed by atoms with E-state index in [0.29, 0.717) is 17.4 Å². The molecule has 2 aromatic carbocycles. The lowest BCUT2D eigenvalue weighted by atomic mass is 9.92. The molecule has 0 aliphatic heterocycles. The molecule has 3 heteroatoms. The second kappa shape index (κ2) is 7.61. The fraction of sp³-hybridized carbons (Fsp3) is 0.261. The number of benzene rings is 2. The average molecular weight is 345 g/mol. The van der Waals surface area contributed by atoms with Crippen LogP contribution in [0.3, 0.4) is 0 Å². The minimum Gasteiger partial charge on any atom is -0.398 e. The van der Waals surface area contributed by atoms with Crippen LogP contribution >= 0.6 is 0 Å². The number of hydrogen-bond acceptors (Lipinski definition) is 3. The van der Waals surface area contributed by atoms with Crippen LogP contribution in [-0.4, -0.2) is 11.8 Å². The maximum absolute atomic E-state index is 8.58. The average Bonchev–Trinajstić information content (AvgIpc) is 3.44. The van der Waals surface area contributed by atoms with Crippen LogP contribution in [0, 0.1) is 12.3 Å². The summed E-state index contributed by atoms with van der Waals surface area (Å²) in [6.07, 6.45) is 7.01. The highest BCUT2D eigenvalue weighted by atomic mass is 15.0. The van der Waals surface area contributed by atoms with Crippen LogP contribution in [0.25, 0.3) is 11.8 Å². The van der Waals surface area contributed by atoms with Crippen LogP contribution < -0.4 is 11.1 Å². The molecule has 0 amide bonds. The Balaban J connectivity index is 1.90. The summed E-state index contributed by atoms with van der Waals surface area (Å²) in [6.45, 7) is 8.37. The van der Waals surface area contributed by atoms with E-state index in [1.165, 1.54) is 18.4 Å². The minimum atomic E-state index is 0.431. The molecular weight excluding hydrogens is 318 g/mol. The monoisotopic (exact) mass is 345 g/mol. The van der Waals surface area contributed by atoms with Crippen molar-refractivity contribution in [3.8, 4) is 0 Å². The molecule has 4 N–H and O–H groups in total. The first-order valence-electron chi connectivity index (χ1n) is 9.20. The van der Waals surface area contributed by atoms with Gasteiger partial charge in [-0.1, -0.05) is 55.5 Å². The van der Waals surface area contributed by atoms with Crippen LogP contribution in [0.1, 0.15) is 47.6 Å². The Bertz CT molecular complexity index is 856. The quantitative estimate of drug-likeness (QED) is 0.491. The summed E-state index contributed by atoms with van der Waals surface area (Å²) in [7, 11) is 0. The molecule has 0 saturated heterocycles. The summed E-state index contributed by atoms with van der Waals surface area (Å²) < 4.78 is 0. The molecule has 3 rings (SSSR count). The number of nitrogen functional groups attached to an aromatic ring is 1. The lowest BCUT2D eigenvalue weighted by Crippen LogP contribution is -2.16. The fourth-order valence-corrected chi connectivity index (χ4v) is 3.13. The van der Waals surface area contributed by atoms with Crippen LogP contribution in [0.15, 0.2) is 49.1 Å². The first-order chi connectivity index (χ1) is 12.5. The van der Waals surface area contributed by atoms with Crippen molar-refractivity contribution in [2.24, 2.45) is 0 Å². The summed E-state index contributed by atoms with van der Waals surface area (Å²) in [5.74, 6) is 0. The van der Waals surface area contributed by atoms with Crippen molar-refractivity contribution in [3.05, 3.63) is 76.9 Å². The lowest BCUT2D eigenvalue weighted by Gasteiger charge is -2.18. The molecule has 0 unspecified atom stereocenters. The first kappa shape index (κ1) is 18.0. The molecule has 0 spiro atoms. The van der Waals surface area contributed by atoms with Gasteiger partial charge >= 0.3 is 0 Å². The highest BCUT2D eigenvalue weighted by Crippen LogP contribution is 2.29. The third-order valence-corrected chi connectivity index (χ3v) is 4.77. The fourth-order valence-electron chi connectivity index (χ4n) is 3.13. The predicted molar refractivity (Wildman–Crippen MR) is 112 cm³/mol. The Hall–Kier alpha value is -2.81. The summed E-state index contributed by atoms with van der Waals surface area (Å²) >= 11 is 0. The second-order valence-corrected chi connectivity index (χ2v) is 6.96. The molecule has 26 heavy (non-hydrogen) atoms. The number of hydrogen-bond donors (Lipinski definition) is 3. The van der Waals surface area contributed by atoms with E-state index in [1.807, 2.05) is 24.3 Å². The predicted octanol–water partition coefficient (Wildman–Crippen LogP) is 4.94. The Labute approximate surface area is 156 Å². The van der Waals surface area contributed by atoms with Crippen molar-refractivity contribution in [2.75, 3.05) is 5.73 Å². The Morgan fingerprint density at radius 3 is 2.54 bits per heavy atom. The van der Waals surface area contributed by atoms with E-state index < -0.39 is 0 Å². The Kier molecular flexibility index (Phi) is 5.27. The van der Waals surface area contributed by atoms with Gasteiger partial charge in [-0.2, -0.15) is 0 Å². The van der Waals surface area contributed by atoms with Gasteiger partial charge in [-0.05, 0) is 49.5 Å². The van der Waals surface area contributed by atoms with Gasteiger partial charge in [-0.15, -0.1) is 0 Å². The molecule has 2 aromatic rings. The Morgan fingerprint density at radius 1 is 1.23 bits per heavy atom. The van der Waals surface area contributed by atoms with Crippen molar-refractivity contribution in [1.82, 2.24) is 5.32 Å². The number of nitrogens with two attached hydrogens (primary N) is 1. The molecule has 0 aromatic heterocycles. The van der Waals surface area contributed by atoms with Gasteiger partial charge in [-0.25, -0.2) is 0 Å². The summed E-state index contributed by atoms with van der Waals surface area (Å²) in [5, 5.41) is 12.1. The molecule has 3 nitrogen and oxygen atoms in total. The van der Waals surface area contributed by atoms with E-state index in [2.05, 4.69) is 50.0 Å². The molecule has 0 bridgehead atoms. The van der Waals surface area contributed by atoms with Crippen molar-refractivity contribution in [1.29, 1.82) is 5.41 Å². The van der Waals surface area contributed by atoms with Crippen molar-refractivity contribution >= 4 is 23.2 Å². The highest BCUT2D eigenvalue weighted by Gasteiger charge is 2.23. The molecule has 1 saturated carbocycles. The largest absolute Gasteiger partial charge is 0.398 e. The summed E-state index contributed by atoms with van der Waals surface area (Å²) in [4.78, 5) is 0. The number of aryl methyl sites for hydroxylation is 1. The highest BCUT2D eigenvalue weighted by molar-refractivity contribution is 6.13. The molecule has 134 valence electrons. The molecule has 1 aliphatic carbocycles. The maximum atomic E-state index is 8.58. The van der Waals surface area contributed by atoms with E-state index in [1.54, 1.807) is 0 Å². The van der Waals surface area contributed by atoms with Crippen LogP contribution in [0.2, 0.25) is 0 Å². The van der Waals surface area contributed by atoms with Crippen molar-refractivity contribution in [3.63, 3.8) is 0 Å². The van der Waals surface area contributed by atoms with Crippen LogP contribution in [-0.2, 0) is 6.42 Å². The zero-order valence-corrected chi connectivity index (χ0v) is 15.6. The van der Waals surface area contributed by atoms with E-state index >= 15 is 0 Å². The molecule has 0 heterocycles. The van der Waals surface area contributed by atoms with Gasteiger partial charge in [0.15, 0.2) is 0 Å². The van der Waals surface area contributed by atoms with Gasteiger partial charge in [-0.3, -0.25) is 0 Å². The van der Waals surface area contributed by atoms with Gasteiger partial charge in [0.1, 0.15) is 0 Å². The number of rotatable bonds is 7. The van der Waals surface area contributed by atoms with E-state index in [4.69, 9.17) is 11.1 Å². The van der Waals surface area contributed by atoms with E-state index in [9.17, 15) is 0 Å². The maximum Gasteiger partial charge on any atom is 0.0636 e. The number of allylic oxidation sites excluding steroid dienone is 1. The van der Waals surface area contributed by atoms with Gasteiger partial charge < -0.3 is 16.5 Å². The number of anilines is 1. The number of nitrogens with one attached hydrogen (secondary N) is 2. The standard InChI is InChI=1S/C23H27N3/c1-4-19-20(16(3)26-18-10-11-18)12-14-22(25)23(19)21(24)13-9-17-7-5-15(2)6-8-17/h5-9,12-14,18,24,26H,3-4,10-11,25H2,1-2H3/b13-9+,24-21?. The zero-order valence-electron chi connectivity index (χ0n) is 15.6. The van der Waals surface area contributed by atoms with E-state index in [-0.39, 0.29) is 0 Å². The molecule has 1 aliphatic rings. The van der Waals surface area contributed by atoms with Crippen molar-refractivity contribution in [2.45, 2.75) is 39.2 Å². The molecule has 1 fully saturated rings. The second-order valence-electron chi connectivity index (χ2n) is 6.96. The third kappa shape index (κ3) is 4.05. The zero-order chi connectivity index (χ0) is 18.7. The van der Waals surface area contributed by atoms with Crippen LogP contribution in [0.4, 0.5) is 5.69 Å². The molecule has 0 radical (unpaired) electrons. The Morgan fingerprint density at radius 2 is 1.92 bits per heavy atom. The van der Waals surface area contributed by atoms with Crippen LogP contribution in [0.5, 0.6) is 0 Å². The van der Waals surface area contributed by atoms with Gasteiger partial charge in [0, 0.05) is 28.6 Å². The molecule has 0 atom stereocenters. The minimum absolute atomic E-state index is 0.431. The SMILES string of the molecule is C=C(NC1CC1)c1ccc(N)c(C(=N)/C=C/c2ccc(C)cc2)c1CC. The van der Waals surface area contributed by atoms with E-state index in [0.717, 1.165) is 34.4 Å². The topological polar surface area (TPSA) is 61.9 Å². The normalized spacial score (nSPS) is 13.8. The van der Waals surface area contributed by atoms with Gasteiger partial charge in [0.25, 0.3) is 0 Å². The summed E-state index contributed by atoms with van der Waals surface area (Å²) in [6, 6.07) is 12.7.